The normalized spacial score (nSPS) is 10.7. The molecule has 27 heavy (non-hydrogen) atoms. The molecule has 146 valence electrons. The molecule has 2 aromatic rings. The minimum Gasteiger partial charge on any atom is -0.490 e. The van der Waals surface area contributed by atoms with Crippen LogP contribution in [-0.2, 0) is 16.0 Å². The summed E-state index contributed by atoms with van der Waals surface area (Å²) in [5.41, 5.74) is 1.23. The quantitative estimate of drug-likeness (QED) is 0.673. The van der Waals surface area contributed by atoms with Crippen LogP contribution < -0.4 is 14.8 Å². The topological polar surface area (TPSA) is 97.8 Å². The average molecular weight is 392 g/mol. The number of thiazole rings is 1. The number of carbonyl (C=O) groups is 2. The van der Waals surface area contributed by atoms with Gasteiger partial charge in [-0.15, -0.1) is 11.3 Å². The van der Waals surface area contributed by atoms with Crippen LogP contribution in [0.1, 0.15) is 32.6 Å². The van der Waals surface area contributed by atoms with Crippen molar-refractivity contribution in [2.24, 2.45) is 5.92 Å². The van der Waals surface area contributed by atoms with E-state index in [0.717, 1.165) is 0 Å². The smallest absolute Gasteiger partial charge is 0.308 e. The van der Waals surface area contributed by atoms with Gasteiger partial charge in [0, 0.05) is 16.4 Å². The summed E-state index contributed by atoms with van der Waals surface area (Å²) in [5, 5.41) is 12.3. The highest BCUT2D eigenvalue weighted by atomic mass is 32.1. The Morgan fingerprint density at radius 1 is 1.19 bits per heavy atom. The number of hydrogen-bond donors (Lipinski definition) is 2. The van der Waals surface area contributed by atoms with Crippen LogP contribution >= 0.6 is 11.3 Å². The van der Waals surface area contributed by atoms with E-state index in [9.17, 15) is 14.7 Å². The summed E-state index contributed by atoms with van der Waals surface area (Å²) in [6.07, 6.45) is -0.179. The minimum absolute atomic E-state index is 0.168. The summed E-state index contributed by atoms with van der Waals surface area (Å²) >= 11 is 1.17. The van der Waals surface area contributed by atoms with Gasteiger partial charge in [0.1, 0.15) is 0 Å². The summed E-state index contributed by atoms with van der Waals surface area (Å²) in [6, 6.07) is 5.37. The Bertz CT molecular complexity index is 816. The van der Waals surface area contributed by atoms with Crippen molar-refractivity contribution in [2.75, 3.05) is 18.5 Å². The van der Waals surface area contributed by atoms with Gasteiger partial charge in [-0.25, -0.2) is 4.98 Å². The van der Waals surface area contributed by atoms with Crippen LogP contribution in [0.4, 0.5) is 5.13 Å². The second kappa shape index (κ2) is 9.36. The van der Waals surface area contributed by atoms with Crippen LogP contribution in [0.25, 0.3) is 11.3 Å². The second-order valence-electron chi connectivity index (χ2n) is 6.03. The minimum atomic E-state index is -0.961. The monoisotopic (exact) mass is 392 g/mol. The number of carboxylic acids is 1. The Balaban J connectivity index is 2.45. The van der Waals surface area contributed by atoms with E-state index in [1.807, 2.05) is 19.9 Å². The van der Waals surface area contributed by atoms with Crippen LogP contribution in [0.5, 0.6) is 11.5 Å². The van der Waals surface area contributed by atoms with Gasteiger partial charge < -0.3 is 19.9 Å². The number of anilines is 1. The first-order chi connectivity index (χ1) is 12.8. The summed E-state index contributed by atoms with van der Waals surface area (Å²) in [7, 11) is 0. The van der Waals surface area contributed by atoms with E-state index in [0.29, 0.717) is 46.0 Å². The van der Waals surface area contributed by atoms with Crippen LogP contribution in [-0.4, -0.2) is 35.2 Å². The van der Waals surface area contributed by atoms with Gasteiger partial charge in [0.15, 0.2) is 16.6 Å². The van der Waals surface area contributed by atoms with Gasteiger partial charge in [-0.05, 0) is 32.0 Å². The van der Waals surface area contributed by atoms with Gasteiger partial charge >= 0.3 is 5.97 Å². The Kier molecular flexibility index (Phi) is 7.18. The summed E-state index contributed by atoms with van der Waals surface area (Å²) in [5.74, 6) is -0.142. The molecule has 7 nitrogen and oxygen atoms in total. The number of nitrogens with zero attached hydrogens (tertiary/aromatic N) is 1. The van der Waals surface area contributed by atoms with Crippen molar-refractivity contribution >= 4 is 28.3 Å². The lowest BCUT2D eigenvalue weighted by molar-refractivity contribution is -0.136. The molecule has 0 atom stereocenters. The number of benzene rings is 1. The van der Waals surface area contributed by atoms with Crippen molar-refractivity contribution in [1.29, 1.82) is 0 Å². The van der Waals surface area contributed by atoms with E-state index in [4.69, 9.17) is 9.47 Å². The molecule has 0 aliphatic heterocycles. The molecule has 0 saturated carbocycles. The van der Waals surface area contributed by atoms with E-state index >= 15 is 0 Å². The maximum Gasteiger partial charge on any atom is 0.308 e. The Morgan fingerprint density at radius 2 is 1.85 bits per heavy atom. The van der Waals surface area contributed by atoms with E-state index < -0.39 is 5.97 Å². The van der Waals surface area contributed by atoms with Crippen molar-refractivity contribution in [3.63, 3.8) is 0 Å². The maximum atomic E-state index is 12.0. The summed E-state index contributed by atoms with van der Waals surface area (Å²) in [6.45, 7) is 8.30. The standard InChI is InChI=1S/C19H24N2O5S/c1-5-25-13-8-7-12(9-14(13)26-6-2)17-15(10-16(22)23)27-19(20-17)21-18(24)11(3)4/h7-9,11H,5-6,10H2,1-4H3,(H,22,23)(H,20,21,24). The largest absolute Gasteiger partial charge is 0.490 e. The van der Waals surface area contributed by atoms with Gasteiger partial charge in [0.2, 0.25) is 5.91 Å². The highest BCUT2D eigenvalue weighted by Gasteiger charge is 2.19. The fraction of sp³-hybridized carbons (Fsp3) is 0.421. The van der Waals surface area contributed by atoms with Gasteiger partial charge in [0.05, 0.1) is 25.3 Å². The lowest BCUT2D eigenvalue weighted by atomic mass is 10.1. The number of aromatic nitrogens is 1. The highest BCUT2D eigenvalue weighted by Crippen LogP contribution is 2.37. The first-order valence-corrected chi connectivity index (χ1v) is 9.59. The number of carboxylic acid groups (broad SMARTS) is 1. The second-order valence-corrected chi connectivity index (χ2v) is 7.12. The molecule has 2 N–H and O–H groups in total. The average Bonchev–Trinajstić information content (AvgIpc) is 2.98. The van der Waals surface area contributed by atoms with Gasteiger partial charge in [0.25, 0.3) is 0 Å². The Hall–Kier alpha value is -2.61. The lowest BCUT2D eigenvalue weighted by Crippen LogP contribution is -2.17. The summed E-state index contributed by atoms with van der Waals surface area (Å²) in [4.78, 5) is 28.2. The number of aliphatic carboxylic acids is 1. The zero-order valence-electron chi connectivity index (χ0n) is 15.9. The third-order valence-electron chi connectivity index (χ3n) is 3.58. The van der Waals surface area contributed by atoms with Crippen LogP contribution in [0, 0.1) is 5.92 Å². The Labute approximate surface area is 162 Å². The number of carbonyl (C=O) groups excluding carboxylic acids is 1. The van der Waals surface area contributed by atoms with Gasteiger partial charge in [-0.1, -0.05) is 13.8 Å². The van der Waals surface area contributed by atoms with Crippen LogP contribution in [0.2, 0.25) is 0 Å². The van der Waals surface area contributed by atoms with E-state index in [-0.39, 0.29) is 18.2 Å². The molecule has 2 rings (SSSR count). The molecule has 0 aliphatic carbocycles. The molecule has 1 amide bonds. The molecule has 1 aromatic heterocycles. The number of rotatable bonds is 9. The molecule has 0 radical (unpaired) electrons. The van der Waals surface area contributed by atoms with Crippen molar-refractivity contribution in [3.8, 4) is 22.8 Å². The number of hydrogen-bond acceptors (Lipinski definition) is 6. The molecular formula is C19H24N2O5S. The van der Waals surface area contributed by atoms with Gasteiger partial charge in [-0.2, -0.15) is 0 Å². The SMILES string of the molecule is CCOc1ccc(-c2nc(NC(=O)C(C)C)sc2CC(=O)O)cc1OCC. The fourth-order valence-electron chi connectivity index (χ4n) is 2.34. The predicted molar refractivity (Wildman–Crippen MR) is 105 cm³/mol. The van der Waals surface area contributed by atoms with Crippen molar-refractivity contribution in [1.82, 2.24) is 4.98 Å². The van der Waals surface area contributed by atoms with Crippen LogP contribution in [0.3, 0.4) is 0 Å². The molecule has 1 aromatic carbocycles. The zero-order valence-corrected chi connectivity index (χ0v) is 16.7. The maximum absolute atomic E-state index is 12.0. The zero-order chi connectivity index (χ0) is 20.0. The third-order valence-corrected chi connectivity index (χ3v) is 4.55. The first kappa shape index (κ1) is 20.7. The van der Waals surface area contributed by atoms with Crippen LogP contribution in [0.15, 0.2) is 18.2 Å². The molecule has 0 aliphatic rings. The molecule has 0 unspecified atom stereocenters. The Morgan fingerprint density at radius 3 is 2.44 bits per heavy atom. The molecular weight excluding hydrogens is 368 g/mol. The molecule has 0 fully saturated rings. The van der Waals surface area contributed by atoms with E-state index in [1.54, 1.807) is 26.0 Å². The molecule has 0 bridgehead atoms. The fourth-order valence-corrected chi connectivity index (χ4v) is 3.31. The van der Waals surface area contributed by atoms with Crippen molar-refractivity contribution in [2.45, 2.75) is 34.1 Å². The van der Waals surface area contributed by atoms with E-state index in [2.05, 4.69) is 10.3 Å². The van der Waals surface area contributed by atoms with Gasteiger partial charge in [-0.3, -0.25) is 9.59 Å². The lowest BCUT2D eigenvalue weighted by Gasteiger charge is -2.12. The third kappa shape index (κ3) is 5.43. The molecule has 0 spiro atoms. The predicted octanol–water partition coefficient (Wildman–Crippen LogP) is 3.83. The highest BCUT2D eigenvalue weighted by molar-refractivity contribution is 7.16. The first-order valence-electron chi connectivity index (χ1n) is 8.78. The molecule has 8 heteroatoms. The summed E-state index contributed by atoms with van der Waals surface area (Å²) < 4.78 is 11.2. The number of amides is 1. The van der Waals surface area contributed by atoms with E-state index in [1.165, 1.54) is 11.3 Å². The van der Waals surface area contributed by atoms with Crippen molar-refractivity contribution < 1.29 is 24.2 Å². The molecule has 0 saturated heterocycles. The number of nitrogens with one attached hydrogen (secondary N) is 1. The van der Waals surface area contributed by atoms with Crippen molar-refractivity contribution in [3.05, 3.63) is 23.1 Å². The molecule has 1 heterocycles. The number of ether oxygens (including phenoxy) is 2.